The lowest BCUT2D eigenvalue weighted by Crippen LogP contribution is -2.41. The molecule has 37 heavy (non-hydrogen) atoms. The molecular weight excluding hydrogens is 464 g/mol. The van der Waals surface area contributed by atoms with E-state index in [2.05, 4.69) is 50.4 Å². The summed E-state index contributed by atoms with van der Waals surface area (Å²) in [5.74, 6) is -0.0987. The molecule has 7 nitrogen and oxygen atoms in total. The number of aryl methyl sites for hydroxylation is 3. The summed E-state index contributed by atoms with van der Waals surface area (Å²) >= 11 is 0. The van der Waals surface area contributed by atoms with Crippen LogP contribution in [0.1, 0.15) is 79.2 Å². The Morgan fingerprint density at radius 3 is 2.46 bits per heavy atom. The quantitative estimate of drug-likeness (QED) is 0.437. The zero-order valence-electron chi connectivity index (χ0n) is 22.8. The number of aromatic nitrogens is 2. The number of hydrogen-bond donors (Lipinski definition) is 1. The predicted octanol–water partition coefficient (Wildman–Crippen LogP) is 6.42. The van der Waals surface area contributed by atoms with Crippen LogP contribution in [0.25, 0.3) is 5.69 Å². The number of anilines is 1. The van der Waals surface area contributed by atoms with Gasteiger partial charge >= 0.3 is 6.09 Å². The maximum atomic E-state index is 13.5. The van der Waals surface area contributed by atoms with E-state index in [0.717, 1.165) is 41.9 Å². The first-order valence-electron chi connectivity index (χ1n) is 13.1. The molecule has 1 saturated heterocycles. The third kappa shape index (κ3) is 6.21. The summed E-state index contributed by atoms with van der Waals surface area (Å²) in [6.07, 6.45) is 3.73. The number of nitrogens with one attached hydrogen (secondary N) is 1. The number of nitrogens with zero attached hydrogens (tertiary/aromatic N) is 3. The van der Waals surface area contributed by atoms with Gasteiger partial charge in [-0.05, 0) is 83.2 Å². The molecule has 3 aromatic rings. The lowest BCUT2D eigenvalue weighted by atomic mass is 9.90. The lowest BCUT2D eigenvalue weighted by Gasteiger charge is -2.34. The first-order chi connectivity index (χ1) is 17.6. The number of carbonyl (C=O) groups excluding carboxylic acids is 2. The minimum atomic E-state index is -0.532. The highest BCUT2D eigenvalue weighted by molar-refractivity contribution is 6.05. The van der Waals surface area contributed by atoms with Crippen LogP contribution in [-0.4, -0.2) is 45.4 Å². The molecule has 2 aromatic carbocycles. The molecule has 1 aromatic heterocycles. The molecule has 0 aliphatic carbocycles. The van der Waals surface area contributed by atoms with Gasteiger partial charge in [-0.15, -0.1) is 0 Å². The fourth-order valence-electron chi connectivity index (χ4n) is 4.89. The van der Waals surface area contributed by atoms with Crippen molar-refractivity contribution in [1.29, 1.82) is 0 Å². The van der Waals surface area contributed by atoms with E-state index in [4.69, 9.17) is 9.84 Å². The van der Waals surface area contributed by atoms with Crippen LogP contribution in [-0.2, 0) is 11.2 Å². The minimum absolute atomic E-state index is 0.0737. The molecule has 7 heteroatoms. The van der Waals surface area contributed by atoms with Crippen LogP contribution in [0.2, 0.25) is 0 Å². The molecule has 1 aliphatic rings. The zero-order chi connectivity index (χ0) is 26.7. The van der Waals surface area contributed by atoms with Crippen molar-refractivity contribution in [1.82, 2.24) is 14.7 Å². The fraction of sp³-hybridized carbons (Fsp3) is 0.433. The van der Waals surface area contributed by atoms with E-state index in [1.807, 2.05) is 43.7 Å². The largest absolute Gasteiger partial charge is 0.444 e. The molecule has 0 atom stereocenters. The van der Waals surface area contributed by atoms with Gasteiger partial charge in [0, 0.05) is 24.7 Å². The topological polar surface area (TPSA) is 76.5 Å². The second-order valence-corrected chi connectivity index (χ2v) is 10.9. The van der Waals surface area contributed by atoms with Crippen LogP contribution in [0.5, 0.6) is 0 Å². The van der Waals surface area contributed by atoms with Crippen LogP contribution >= 0.6 is 0 Å². The van der Waals surface area contributed by atoms with Crippen molar-refractivity contribution in [3.8, 4) is 5.69 Å². The van der Waals surface area contributed by atoms with Gasteiger partial charge in [0.25, 0.3) is 5.91 Å². The number of rotatable bonds is 5. The second-order valence-electron chi connectivity index (χ2n) is 10.9. The van der Waals surface area contributed by atoms with Crippen LogP contribution < -0.4 is 5.32 Å². The highest BCUT2D eigenvalue weighted by Gasteiger charge is 2.32. The molecule has 1 fully saturated rings. The number of piperidine rings is 1. The first kappa shape index (κ1) is 26.5. The Bertz CT molecular complexity index is 1280. The summed E-state index contributed by atoms with van der Waals surface area (Å²) in [6, 6.07) is 14.2. The van der Waals surface area contributed by atoms with Crippen molar-refractivity contribution in [2.45, 2.75) is 72.3 Å². The van der Waals surface area contributed by atoms with Gasteiger partial charge in [-0.2, -0.15) is 5.10 Å². The summed E-state index contributed by atoms with van der Waals surface area (Å²) in [4.78, 5) is 27.9. The Kier molecular flexibility index (Phi) is 7.71. The average Bonchev–Trinajstić information content (AvgIpc) is 3.28. The van der Waals surface area contributed by atoms with Gasteiger partial charge in [0.05, 0.1) is 23.1 Å². The zero-order valence-corrected chi connectivity index (χ0v) is 22.8. The van der Waals surface area contributed by atoms with E-state index in [0.29, 0.717) is 18.7 Å². The van der Waals surface area contributed by atoms with E-state index < -0.39 is 5.60 Å². The van der Waals surface area contributed by atoms with Gasteiger partial charge in [-0.1, -0.05) is 36.8 Å². The van der Waals surface area contributed by atoms with Crippen molar-refractivity contribution in [3.05, 3.63) is 76.6 Å². The molecule has 2 amide bonds. The van der Waals surface area contributed by atoms with Gasteiger partial charge in [0.1, 0.15) is 5.60 Å². The maximum absolute atomic E-state index is 13.5. The third-order valence-electron chi connectivity index (χ3n) is 6.76. The number of likely N-dealkylation sites (tertiary alicyclic amines) is 1. The fourth-order valence-corrected chi connectivity index (χ4v) is 4.89. The predicted molar refractivity (Wildman–Crippen MR) is 147 cm³/mol. The number of hydrogen-bond acceptors (Lipinski definition) is 4. The van der Waals surface area contributed by atoms with Crippen LogP contribution in [0.4, 0.5) is 10.5 Å². The lowest BCUT2D eigenvalue weighted by molar-refractivity contribution is 0.0203. The van der Waals surface area contributed by atoms with Gasteiger partial charge in [-0.25, -0.2) is 9.48 Å². The van der Waals surface area contributed by atoms with E-state index in [9.17, 15) is 9.59 Å². The van der Waals surface area contributed by atoms with E-state index in [1.54, 1.807) is 11.1 Å². The molecular formula is C30H38N4O3. The summed E-state index contributed by atoms with van der Waals surface area (Å²) in [7, 11) is 0. The molecule has 0 bridgehead atoms. The van der Waals surface area contributed by atoms with Crippen LogP contribution in [0, 0.1) is 13.8 Å². The van der Waals surface area contributed by atoms with E-state index in [-0.39, 0.29) is 17.9 Å². The minimum Gasteiger partial charge on any atom is -0.444 e. The van der Waals surface area contributed by atoms with Crippen LogP contribution in [0.3, 0.4) is 0 Å². The molecule has 4 rings (SSSR count). The van der Waals surface area contributed by atoms with Crippen molar-refractivity contribution in [2.24, 2.45) is 0 Å². The summed E-state index contributed by atoms with van der Waals surface area (Å²) in [5.41, 5.74) is 6.09. The highest BCUT2D eigenvalue weighted by Crippen LogP contribution is 2.34. The van der Waals surface area contributed by atoms with E-state index >= 15 is 0 Å². The standard InChI is InChI=1S/C30H38N4O3/c1-7-22-9-8-10-24(18-22)32-28(35)25-19-31-34(26-12-11-20(2)17-21(26)3)27(25)23-13-15-33(16-14-23)29(36)37-30(4,5)6/h8-12,17-19,23H,7,13-16H2,1-6H3,(H,32,35). The monoisotopic (exact) mass is 502 g/mol. The van der Waals surface area contributed by atoms with Crippen molar-refractivity contribution >= 4 is 17.7 Å². The summed E-state index contributed by atoms with van der Waals surface area (Å²) in [5, 5.41) is 7.78. The molecule has 0 radical (unpaired) electrons. The maximum Gasteiger partial charge on any atom is 0.410 e. The number of ether oxygens (including phenoxy) is 1. The smallest absolute Gasteiger partial charge is 0.410 e. The molecule has 1 N–H and O–H groups in total. The van der Waals surface area contributed by atoms with Gasteiger partial charge < -0.3 is 15.0 Å². The number of carbonyl (C=O) groups is 2. The molecule has 0 saturated carbocycles. The molecule has 0 spiro atoms. The van der Waals surface area contributed by atoms with Gasteiger partial charge in [0.2, 0.25) is 0 Å². The second kappa shape index (κ2) is 10.8. The summed E-state index contributed by atoms with van der Waals surface area (Å²) < 4.78 is 7.49. The molecule has 2 heterocycles. The Labute approximate surface area is 219 Å². The SMILES string of the molecule is CCc1cccc(NC(=O)c2cnn(-c3ccc(C)cc3C)c2C2CCN(C(=O)OC(C)(C)C)CC2)c1. The van der Waals surface area contributed by atoms with Crippen molar-refractivity contribution in [2.75, 3.05) is 18.4 Å². The Morgan fingerprint density at radius 2 is 1.81 bits per heavy atom. The number of benzene rings is 2. The third-order valence-corrected chi connectivity index (χ3v) is 6.76. The Balaban J connectivity index is 1.64. The normalized spacial score (nSPS) is 14.5. The molecule has 1 aliphatic heterocycles. The van der Waals surface area contributed by atoms with Crippen molar-refractivity contribution < 1.29 is 14.3 Å². The van der Waals surface area contributed by atoms with Gasteiger partial charge in [-0.3, -0.25) is 4.79 Å². The Hall–Kier alpha value is -3.61. The van der Waals surface area contributed by atoms with Crippen LogP contribution in [0.15, 0.2) is 48.7 Å². The van der Waals surface area contributed by atoms with E-state index in [1.165, 1.54) is 11.1 Å². The van der Waals surface area contributed by atoms with Crippen molar-refractivity contribution in [3.63, 3.8) is 0 Å². The molecule has 196 valence electrons. The first-order valence-corrected chi connectivity index (χ1v) is 13.1. The average molecular weight is 503 g/mol. The van der Waals surface area contributed by atoms with Gasteiger partial charge in [0.15, 0.2) is 0 Å². The summed E-state index contributed by atoms with van der Waals surface area (Å²) in [6.45, 7) is 13.0. The Morgan fingerprint density at radius 1 is 1.08 bits per heavy atom. The highest BCUT2D eigenvalue weighted by atomic mass is 16.6. The molecule has 0 unspecified atom stereocenters. The number of amides is 2.